The molecule has 0 saturated heterocycles. The van der Waals surface area contributed by atoms with Gasteiger partial charge < -0.3 is 4.74 Å². The fourth-order valence-corrected chi connectivity index (χ4v) is 4.61. The second-order valence-electron chi connectivity index (χ2n) is 6.34. The highest BCUT2D eigenvalue weighted by Crippen LogP contribution is 2.35. The zero-order valence-corrected chi connectivity index (χ0v) is 18.9. The lowest BCUT2D eigenvalue weighted by Gasteiger charge is -2.13. The molecule has 0 aliphatic heterocycles. The SMILES string of the molecule is COc1ccccc1-c1nnc(SCc2ccc(Cl)cc2Cl)n1-c1ccc(Cl)cc1. The molecule has 152 valence electrons. The molecular formula is C22H16Cl3N3OS. The number of rotatable bonds is 6. The molecule has 1 aromatic heterocycles. The van der Waals surface area contributed by atoms with Gasteiger partial charge in [0.2, 0.25) is 0 Å². The van der Waals surface area contributed by atoms with E-state index in [4.69, 9.17) is 39.5 Å². The summed E-state index contributed by atoms with van der Waals surface area (Å²) in [6.07, 6.45) is 0. The van der Waals surface area contributed by atoms with E-state index in [0.717, 1.165) is 27.7 Å². The number of methoxy groups -OCH3 is 1. The molecule has 30 heavy (non-hydrogen) atoms. The smallest absolute Gasteiger partial charge is 0.196 e. The van der Waals surface area contributed by atoms with E-state index in [2.05, 4.69) is 10.2 Å². The summed E-state index contributed by atoms with van der Waals surface area (Å²) in [6, 6.07) is 20.8. The van der Waals surface area contributed by atoms with Crippen LogP contribution < -0.4 is 4.74 Å². The molecule has 1 heterocycles. The molecule has 4 aromatic rings. The summed E-state index contributed by atoms with van der Waals surface area (Å²) in [4.78, 5) is 0. The molecule has 0 bridgehead atoms. The van der Waals surface area contributed by atoms with Gasteiger partial charge in [-0.25, -0.2) is 0 Å². The van der Waals surface area contributed by atoms with Gasteiger partial charge in [0.1, 0.15) is 5.75 Å². The Morgan fingerprint density at radius 1 is 0.900 bits per heavy atom. The summed E-state index contributed by atoms with van der Waals surface area (Å²) in [5, 5.41) is 11.5. The number of nitrogens with zero attached hydrogens (tertiary/aromatic N) is 3. The predicted octanol–water partition coefficient (Wildman–Crippen LogP) is 7.20. The van der Waals surface area contributed by atoms with Crippen molar-refractivity contribution in [2.75, 3.05) is 7.11 Å². The Hall–Kier alpha value is -2.18. The molecule has 0 amide bonds. The van der Waals surface area contributed by atoms with Gasteiger partial charge >= 0.3 is 0 Å². The highest BCUT2D eigenvalue weighted by atomic mass is 35.5. The Kier molecular flexibility index (Phi) is 6.54. The second kappa shape index (κ2) is 9.31. The third kappa shape index (κ3) is 4.44. The summed E-state index contributed by atoms with van der Waals surface area (Å²) >= 11 is 20.0. The molecule has 0 aliphatic carbocycles. The van der Waals surface area contributed by atoms with Crippen LogP contribution >= 0.6 is 46.6 Å². The number of benzene rings is 3. The Bertz CT molecular complexity index is 1180. The average Bonchev–Trinajstić information content (AvgIpc) is 3.17. The Morgan fingerprint density at radius 3 is 2.37 bits per heavy atom. The van der Waals surface area contributed by atoms with Crippen molar-refractivity contribution in [3.05, 3.63) is 87.4 Å². The van der Waals surface area contributed by atoms with Crippen molar-refractivity contribution in [2.45, 2.75) is 10.9 Å². The highest BCUT2D eigenvalue weighted by Gasteiger charge is 2.19. The van der Waals surface area contributed by atoms with Crippen LogP contribution in [0.5, 0.6) is 5.75 Å². The van der Waals surface area contributed by atoms with Gasteiger partial charge in [-0.2, -0.15) is 0 Å². The lowest BCUT2D eigenvalue weighted by atomic mass is 10.2. The largest absolute Gasteiger partial charge is 0.496 e. The number of hydrogen-bond acceptors (Lipinski definition) is 4. The Morgan fingerprint density at radius 2 is 1.63 bits per heavy atom. The van der Waals surface area contributed by atoms with E-state index < -0.39 is 0 Å². The minimum atomic E-state index is 0.608. The summed E-state index contributed by atoms with van der Waals surface area (Å²) in [7, 11) is 1.64. The summed E-state index contributed by atoms with van der Waals surface area (Å²) < 4.78 is 7.53. The van der Waals surface area contributed by atoms with Gasteiger partial charge in [0.25, 0.3) is 0 Å². The molecule has 0 saturated carbocycles. The number of thioether (sulfide) groups is 1. The van der Waals surface area contributed by atoms with E-state index in [9.17, 15) is 0 Å². The maximum Gasteiger partial charge on any atom is 0.196 e. The van der Waals surface area contributed by atoms with Crippen LogP contribution in [-0.4, -0.2) is 21.9 Å². The fraction of sp³-hybridized carbons (Fsp3) is 0.0909. The van der Waals surface area contributed by atoms with E-state index in [1.165, 1.54) is 11.8 Å². The third-order valence-electron chi connectivity index (χ3n) is 4.44. The molecular weight excluding hydrogens is 461 g/mol. The van der Waals surface area contributed by atoms with Gasteiger partial charge in [-0.05, 0) is 54.1 Å². The first kappa shape index (κ1) is 21.1. The number of hydrogen-bond donors (Lipinski definition) is 0. The van der Waals surface area contributed by atoms with Crippen molar-refractivity contribution >= 4 is 46.6 Å². The second-order valence-corrected chi connectivity index (χ2v) is 8.57. The topological polar surface area (TPSA) is 39.9 Å². The van der Waals surface area contributed by atoms with Gasteiger partial charge in [0, 0.05) is 26.5 Å². The third-order valence-corrected chi connectivity index (χ3v) is 6.25. The van der Waals surface area contributed by atoms with Crippen LogP contribution in [-0.2, 0) is 5.75 Å². The molecule has 4 nitrogen and oxygen atoms in total. The normalized spacial score (nSPS) is 10.9. The molecule has 3 aromatic carbocycles. The Balaban J connectivity index is 1.77. The molecule has 0 atom stereocenters. The van der Waals surface area contributed by atoms with Crippen molar-refractivity contribution in [3.8, 4) is 22.8 Å². The monoisotopic (exact) mass is 475 g/mol. The highest BCUT2D eigenvalue weighted by molar-refractivity contribution is 7.98. The van der Waals surface area contributed by atoms with Crippen LogP contribution in [0.4, 0.5) is 0 Å². The van der Waals surface area contributed by atoms with E-state index in [-0.39, 0.29) is 0 Å². The maximum absolute atomic E-state index is 6.34. The molecule has 0 aliphatic rings. The zero-order valence-electron chi connectivity index (χ0n) is 15.8. The lowest BCUT2D eigenvalue weighted by Crippen LogP contribution is -2.01. The first-order chi connectivity index (χ1) is 14.6. The Labute approximate surface area is 193 Å². The lowest BCUT2D eigenvalue weighted by molar-refractivity contribution is 0.416. The average molecular weight is 477 g/mol. The number of ether oxygens (including phenoxy) is 1. The van der Waals surface area contributed by atoms with E-state index in [0.29, 0.717) is 26.6 Å². The molecule has 0 fully saturated rings. The van der Waals surface area contributed by atoms with Crippen molar-refractivity contribution in [1.29, 1.82) is 0 Å². The minimum absolute atomic E-state index is 0.608. The van der Waals surface area contributed by atoms with Crippen LogP contribution in [0.15, 0.2) is 71.9 Å². The number of aromatic nitrogens is 3. The van der Waals surface area contributed by atoms with Crippen LogP contribution in [0.3, 0.4) is 0 Å². The quantitative estimate of drug-likeness (QED) is 0.276. The van der Waals surface area contributed by atoms with E-state index >= 15 is 0 Å². The molecule has 0 spiro atoms. The van der Waals surface area contributed by atoms with Gasteiger partial charge in [-0.1, -0.05) is 64.8 Å². The van der Waals surface area contributed by atoms with Crippen LogP contribution in [0.25, 0.3) is 17.1 Å². The van der Waals surface area contributed by atoms with Crippen molar-refractivity contribution < 1.29 is 4.74 Å². The summed E-state index contributed by atoms with van der Waals surface area (Å²) in [5.41, 5.74) is 2.71. The number of halogens is 3. The zero-order chi connectivity index (χ0) is 21.1. The van der Waals surface area contributed by atoms with Crippen LogP contribution in [0.1, 0.15) is 5.56 Å². The van der Waals surface area contributed by atoms with E-state index in [1.807, 2.05) is 65.2 Å². The van der Waals surface area contributed by atoms with Crippen molar-refractivity contribution in [3.63, 3.8) is 0 Å². The van der Waals surface area contributed by atoms with Gasteiger partial charge in [-0.15, -0.1) is 10.2 Å². The molecule has 0 unspecified atom stereocenters. The summed E-state index contributed by atoms with van der Waals surface area (Å²) in [6.45, 7) is 0. The summed E-state index contributed by atoms with van der Waals surface area (Å²) in [5.74, 6) is 2.02. The molecule has 0 N–H and O–H groups in total. The first-order valence-electron chi connectivity index (χ1n) is 8.98. The first-order valence-corrected chi connectivity index (χ1v) is 11.1. The fourth-order valence-electron chi connectivity index (χ4n) is 2.97. The molecule has 4 rings (SSSR count). The van der Waals surface area contributed by atoms with Crippen LogP contribution in [0, 0.1) is 0 Å². The maximum atomic E-state index is 6.34. The minimum Gasteiger partial charge on any atom is -0.496 e. The van der Waals surface area contributed by atoms with Crippen molar-refractivity contribution in [1.82, 2.24) is 14.8 Å². The van der Waals surface area contributed by atoms with Crippen molar-refractivity contribution in [2.24, 2.45) is 0 Å². The number of para-hydroxylation sites is 1. The molecule has 0 radical (unpaired) electrons. The van der Waals surface area contributed by atoms with E-state index in [1.54, 1.807) is 13.2 Å². The van der Waals surface area contributed by atoms with Crippen LogP contribution in [0.2, 0.25) is 15.1 Å². The predicted molar refractivity (Wildman–Crippen MR) is 124 cm³/mol. The van der Waals surface area contributed by atoms with Gasteiger partial charge in [-0.3, -0.25) is 4.57 Å². The van der Waals surface area contributed by atoms with Gasteiger partial charge in [0.05, 0.1) is 12.7 Å². The van der Waals surface area contributed by atoms with Gasteiger partial charge in [0.15, 0.2) is 11.0 Å². The molecule has 8 heteroatoms. The standard InChI is InChI=1S/C22H16Cl3N3OS/c1-29-20-5-3-2-4-18(20)21-26-27-22(28(21)17-10-8-15(23)9-11-17)30-13-14-6-7-16(24)12-19(14)25/h2-12H,13H2,1H3.